The van der Waals surface area contributed by atoms with E-state index in [9.17, 15) is 9.59 Å². The maximum Gasteiger partial charge on any atom is 0.282 e. The van der Waals surface area contributed by atoms with E-state index < -0.39 is 0 Å². The number of benzene rings is 2. The largest absolute Gasteiger partial charge is 0.383 e. The fourth-order valence-electron chi connectivity index (χ4n) is 2.96. The number of aromatic nitrogens is 2. The maximum absolute atomic E-state index is 12.6. The SMILES string of the molecule is NC1=NN(c2ccccc2)C(=O)C1=CC=Cc1c(N)[nH]n(-c2ccccc2)c1=O. The van der Waals surface area contributed by atoms with Crippen LogP contribution in [0.3, 0.4) is 0 Å². The van der Waals surface area contributed by atoms with Gasteiger partial charge in [0, 0.05) is 0 Å². The second-order valence-electron chi connectivity index (χ2n) is 6.29. The normalized spacial score (nSPS) is 15.4. The standard InChI is InChI=1S/C21H18N6O2/c22-18-16(20(28)26(24-18)14-8-3-1-4-9-14)12-7-13-17-19(23)25-27(21(17)29)15-10-5-2-6-11-15/h1-13,24H,22H2,(H2,23,25). The van der Waals surface area contributed by atoms with Gasteiger partial charge < -0.3 is 11.5 Å². The lowest BCUT2D eigenvalue weighted by Crippen LogP contribution is -2.22. The van der Waals surface area contributed by atoms with Gasteiger partial charge in [0.1, 0.15) is 5.82 Å². The number of nitrogen functional groups attached to an aromatic ring is 1. The Morgan fingerprint density at radius 1 is 0.897 bits per heavy atom. The van der Waals surface area contributed by atoms with Crippen molar-refractivity contribution >= 4 is 29.3 Å². The lowest BCUT2D eigenvalue weighted by Gasteiger charge is -2.10. The number of nitrogens with one attached hydrogen (secondary N) is 1. The van der Waals surface area contributed by atoms with Crippen LogP contribution in [0.25, 0.3) is 11.8 Å². The van der Waals surface area contributed by atoms with Crippen LogP contribution in [0.1, 0.15) is 5.56 Å². The minimum Gasteiger partial charge on any atom is -0.383 e. The first-order valence-corrected chi connectivity index (χ1v) is 8.84. The highest BCUT2D eigenvalue weighted by Gasteiger charge is 2.28. The monoisotopic (exact) mass is 386 g/mol. The Balaban J connectivity index is 1.60. The van der Waals surface area contributed by atoms with Crippen LogP contribution in [-0.2, 0) is 4.79 Å². The minimum absolute atomic E-state index is 0.104. The molecule has 3 aromatic rings. The number of hydrazone groups is 1. The molecule has 5 N–H and O–H groups in total. The van der Waals surface area contributed by atoms with E-state index >= 15 is 0 Å². The summed E-state index contributed by atoms with van der Waals surface area (Å²) in [5.41, 5.74) is 13.4. The number of aromatic amines is 1. The summed E-state index contributed by atoms with van der Waals surface area (Å²) in [5.74, 6) is -0.0203. The number of nitrogens with two attached hydrogens (primary N) is 2. The van der Waals surface area contributed by atoms with E-state index in [1.54, 1.807) is 30.3 Å². The first-order valence-electron chi connectivity index (χ1n) is 8.84. The highest BCUT2D eigenvalue weighted by molar-refractivity contribution is 6.29. The topological polar surface area (TPSA) is 122 Å². The number of hydrogen-bond acceptors (Lipinski definition) is 5. The van der Waals surface area contributed by atoms with Crippen molar-refractivity contribution in [3.05, 3.63) is 94.3 Å². The Labute approximate surface area is 166 Å². The summed E-state index contributed by atoms with van der Waals surface area (Å²) < 4.78 is 1.36. The number of rotatable bonds is 4. The summed E-state index contributed by atoms with van der Waals surface area (Å²) in [6, 6.07) is 18.1. The number of amides is 1. The van der Waals surface area contributed by atoms with Crippen LogP contribution in [-0.4, -0.2) is 21.5 Å². The van der Waals surface area contributed by atoms with Gasteiger partial charge in [-0.3, -0.25) is 14.7 Å². The third-order valence-electron chi connectivity index (χ3n) is 4.40. The van der Waals surface area contributed by atoms with Gasteiger partial charge in [-0.15, -0.1) is 5.10 Å². The van der Waals surface area contributed by atoms with Crippen LogP contribution in [0.5, 0.6) is 0 Å². The van der Waals surface area contributed by atoms with Crippen molar-refractivity contribution in [2.45, 2.75) is 0 Å². The van der Waals surface area contributed by atoms with Gasteiger partial charge in [0.2, 0.25) is 0 Å². The van der Waals surface area contributed by atoms with Gasteiger partial charge >= 0.3 is 0 Å². The fourth-order valence-corrected chi connectivity index (χ4v) is 2.96. The number of carbonyl (C=O) groups is 1. The fraction of sp³-hybridized carbons (Fsp3) is 0. The number of carbonyl (C=O) groups excluding carboxylic acids is 1. The smallest absolute Gasteiger partial charge is 0.282 e. The van der Waals surface area contributed by atoms with Gasteiger partial charge in [-0.25, -0.2) is 4.68 Å². The molecule has 144 valence electrons. The molecule has 0 spiro atoms. The second-order valence-corrected chi connectivity index (χ2v) is 6.29. The van der Waals surface area contributed by atoms with Gasteiger partial charge in [0.15, 0.2) is 5.84 Å². The van der Waals surface area contributed by atoms with Crippen LogP contribution < -0.4 is 22.0 Å². The van der Waals surface area contributed by atoms with Crippen molar-refractivity contribution in [2.24, 2.45) is 10.8 Å². The first kappa shape index (κ1) is 18.1. The van der Waals surface area contributed by atoms with Crippen molar-refractivity contribution in [1.29, 1.82) is 0 Å². The second kappa shape index (κ2) is 7.35. The molecule has 0 unspecified atom stereocenters. The number of hydrogen-bond donors (Lipinski definition) is 3. The predicted octanol–water partition coefficient (Wildman–Crippen LogP) is 2.01. The minimum atomic E-state index is -0.345. The molecule has 0 fully saturated rings. The number of nitrogens with zero attached hydrogens (tertiary/aromatic N) is 3. The van der Waals surface area contributed by atoms with E-state index in [1.807, 2.05) is 36.4 Å². The van der Waals surface area contributed by atoms with E-state index in [1.165, 1.54) is 21.8 Å². The molecular weight excluding hydrogens is 368 g/mol. The molecule has 1 aromatic heterocycles. The summed E-state index contributed by atoms with van der Waals surface area (Å²) in [6.45, 7) is 0. The summed E-state index contributed by atoms with van der Waals surface area (Å²) >= 11 is 0. The summed E-state index contributed by atoms with van der Waals surface area (Å²) in [4.78, 5) is 25.3. The molecule has 2 heterocycles. The number of anilines is 2. The van der Waals surface area contributed by atoms with Gasteiger partial charge in [-0.05, 0) is 36.4 Å². The highest BCUT2D eigenvalue weighted by atomic mass is 16.2. The third-order valence-corrected chi connectivity index (χ3v) is 4.40. The quantitative estimate of drug-likeness (QED) is 0.594. The molecule has 1 aliphatic heterocycles. The number of para-hydroxylation sites is 2. The molecule has 0 aliphatic carbocycles. The number of allylic oxidation sites excluding steroid dienone is 2. The molecule has 4 rings (SSSR count). The molecule has 1 amide bonds. The Kier molecular flexibility index (Phi) is 4.58. The van der Waals surface area contributed by atoms with Crippen molar-refractivity contribution in [2.75, 3.05) is 10.7 Å². The van der Waals surface area contributed by atoms with E-state index in [0.717, 1.165) is 0 Å². The summed E-state index contributed by atoms with van der Waals surface area (Å²) in [5, 5.41) is 8.18. The molecule has 0 radical (unpaired) electrons. The zero-order chi connectivity index (χ0) is 20.4. The molecular formula is C21H18N6O2. The Morgan fingerprint density at radius 3 is 2.17 bits per heavy atom. The summed E-state index contributed by atoms with van der Waals surface area (Å²) in [7, 11) is 0. The molecule has 0 saturated carbocycles. The van der Waals surface area contributed by atoms with Gasteiger partial charge in [0.05, 0.1) is 22.5 Å². The van der Waals surface area contributed by atoms with E-state index in [2.05, 4.69) is 10.2 Å². The first-order chi connectivity index (χ1) is 14.1. The van der Waals surface area contributed by atoms with Crippen molar-refractivity contribution in [3.8, 4) is 5.69 Å². The van der Waals surface area contributed by atoms with Gasteiger partial charge in [0.25, 0.3) is 11.5 Å². The molecule has 0 saturated heterocycles. The molecule has 1 aliphatic rings. The Morgan fingerprint density at radius 2 is 1.52 bits per heavy atom. The number of amidine groups is 1. The van der Waals surface area contributed by atoms with E-state index in [0.29, 0.717) is 11.4 Å². The average molecular weight is 386 g/mol. The average Bonchev–Trinajstić information content (AvgIpc) is 3.19. The zero-order valence-electron chi connectivity index (χ0n) is 15.3. The lowest BCUT2D eigenvalue weighted by molar-refractivity contribution is -0.114. The predicted molar refractivity (Wildman–Crippen MR) is 113 cm³/mol. The highest BCUT2D eigenvalue weighted by Crippen LogP contribution is 2.22. The molecule has 0 bridgehead atoms. The van der Waals surface area contributed by atoms with Crippen LogP contribution >= 0.6 is 0 Å². The van der Waals surface area contributed by atoms with Crippen molar-refractivity contribution in [1.82, 2.24) is 9.78 Å². The van der Waals surface area contributed by atoms with Crippen LogP contribution in [0, 0.1) is 0 Å². The van der Waals surface area contributed by atoms with Crippen LogP contribution in [0.2, 0.25) is 0 Å². The van der Waals surface area contributed by atoms with Crippen LogP contribution in [0.4, 0.5) is 11.5 Å². The van der Waals surface area contributed by atoms with E-state index in [4.69, 9.17) is 11.5 Å². The zero-order valence-corrected chi connectivity index (χ0v) is 15.3. The van der Waals surface area contributed by atoms with Crippen LogP contribution in [0.15, 0.2) is 88.3 Å². The van der Waals surface area contributed by atoms with Crippen molar-refractivity contribution < 1.29 is 4.79 Å². The third kappa shape index (κ3) is 3.34. The number of H-pyrrole nitrogens is 1. The maximum atomic E-state index is 12.6. The Hall–Kier alpha value is -4.33. The molecule has 8 heteroatoms. The van der Waals surface area contributed by atoms with Crippen molar-refractivity contribution in [3.63, 3.8) is 0 Å². The molecule has 0 atom stereocenters. The Bertz CT molecular complexity index is 1200. The van der Waals surface area contributed by atoms with Gasteiger partial charge in [-0.1, -0.05) is 42.5 Å². The lowest BCUT2D eigenvalue weighted by atomic mass is 10.2. The molecule has 29 heavy (non-hydrogen) atoms. The van der Waals surface area contributed by atoms with E-state index in [-0.39, 0.29) is 34.3 Å². The van der Waals surface area contributed by atoms with Gasteiger partial charge in [-0.2, -0.15) is 5.01 Å². The molecule has 2 aromatic carbocycles. The summed E-state index contributed by atoms with van der Waals surface area (Å²) in [6.07, 6.45) is 4.61. The molecule has 8 nitrogen and oxygen atoms in total.